The van der Waals surface area contributed by atoms with Gasteiger partial charge in [-0.05, 0) is 43.7 Å². The molecule has 1 amide bonds. The molecule has 0 spiro atoms. The van der Waals surface area contributed by atoms with E-state index in [9.17, 15) is 4.79 Å². The molecule has 134 valence electrons. The first kappa shape index (κ1) is 17.5. The van der Waals surface area contributed by atoms with E-state index in [1.165, 1.54) is 6.20 Å². The molecule has 7 nitrogen and oxygen atoms in total. The molecule has 3 aromatic rings. The first-order valence-corrected chi connectivity index (χ1v) is 8.25. The van der Waals surface area contributed by atoms with Crippen molar-refractivity contribution >= 4 is 17.3 Å². The second-order valence-corrected chi connectivity index (χ2v) is 6.20. The molecule has 0 bridgehead atoms. The fraction of sp³-hybridized carbons (Fsp3) is 0.211. The second-order valence-electron chi connectivity index (χ2n) is 6.20. The third-order valence-electron chi connectivity index (χ3n) is 3.68. The predicted octanol–water partition coefficient (Wildman–Crippen LogP) is 3.10. The fourth-order valence-electron chi connectivity index (χ4n) is 2.46. The van der Waals surface area contributed by atoms with Crippen LogP contribution in [0.1, 0.15) is 24.3 Å². The molecule has 1 aromatic carbocycles. The molecule has 0 aliphatic carbocycles. The van der Waals surface area contributed by atoms with Crippen molar-refractivity contribution in [2.24, 2.45) is 7.05 Å². The molecule has 0 unspecified atom stereocenters. The molecule has 2 heterocycles. The summed E-state index contributed by atoms with van der Waals surface area (Å²) in [6.07, 6.45) is 5.23. The number of carbonyl (C=O) groups excluding carboxylic acids is 1. The van der Waals surface area contributed by atoms with Crippen molar-refractivity contribution < 1.29 is 9.53 Å². The maximum atomic E-state index is 12.5. The van der Waals surface area contributed by atoms with Gasteiger partial charge in [0.2, 0.25) is 0 Å². The van der Waals surface area contributed by atoms with Crippen LogP contribution in [0.2, 0.25) is 0 Å². The van der Waals surface area contributed by atoms with Crippen LogP contribution in [-0.2, 0) is 7.05 Å². The van der Waals surface area contributed by atoms with Gasteiger partial charge in [-0.1, -0.05) is 6.07 Å². The Morgan fingerprint density at radius 2 is 2.00 bits per heavy atom. The highest BCUT2D eigenvalue weighted by Crippen LogP contribution is 2.27. The molecule has 0 aliphatic heterocycles. The van der Waals surface area contributed by atoms with Crippen molar-refractivity contribution in [1.29, 1.82) is 0 Å². The lowest BCUT2D eigenvalue weighted by molar-refractivity contribution is 0.102. The van der Waals surface area contributed by atoms with Crippen LogP contribution < -0.4 is 15.8 Å². The van der Waals surface area contributed by atoms with E-state index in [1.807, 2.05) is 39.2 Å². The number of benzene rings is 1. The number of ether oxygens (including phenoxy) is 1. The minimum absolute atomic E-state index is 0.0477. The van der Waals surface area contributed by atoms with Gasteiger partial charge in [-0.25, -0.2) is 4.98 Å². The number of rotatable bonds is 5. The number of nitrogens with one attached hydrogen (secondary N) is 1. The maximum absolute atomic E-state index is 12.5. The number of nitrogens with zero attached hydrogens (tertiary/aromatic N) is 3. The quantitative estimate of drug-likeness (QED) is 0.689. The summed E-state index contributed by atoms with van der Waals surface area (Å²) in [6.45, 7) is 3.86. The predicted molar refractivity (Wildman–Crippen MR) is 101 cm³/mol. The van der Waals surface area contributed by atoms with Gasteiger partial charge in [-0.2, -0.15) is 5.10 Å². The van der Waals surface area contributed by atoms with Gasteiger partial charge in [-0.15, -0.1) is 0 Å². The summed E-state index contributed by atoms with van der Waals surface area (Å²) in [5, 5.41) is 6.97. The van der Waals surface area contributed by atoms with E-state index < -0.39 is 0 Å². The smallest absolute Gasteiger partial charge is 0.274 e. The fourth-order valence-corrected chi connectivity index (χ4v) is 2.46. The van der Waals surface area contributed by atoms with Crippen molar-refractivity contribution in [3.05, 3.63) is 54.6 Å². The molecule has 0 aliphatic rings. The van der Waals surface area contributed by atoms with E-state index in [0.29, 0.717) is 17.1 Å². The first-order valence-electron chi connectivity index (χ1n) is 8.25. The average Bonchev–Trinajstić information content (AvgIpc) is 3.03. The molecule has 0 atom stereocenters. The number of hydrogen-bond acceptors (Lipinski definition) is 5. The Kier molecular flexibility index (Phi) is 4.88. The average molecular weight is 351 g/mol. The molecular weight excluding hydrogens is 330 g/mol. The van der Waals surface area contributed by atoms with Crippen molar-refractivity contribution in [1.82, 2.24) is 14.8 Å². The van der Waals surface area contributed by atoms with Gasteiger partial charge in [0.05, 0.1) is 29.9 Å². The van der Waals surface area contributed by atoms with Crippen LogP contribution in [-0.4, -0.2) is 26.8 Å². The Hall–Kier alpha value is -3.35. The molecule has 3 N–H and O–H groups in total. The summed E-state index contributed by atoms with van der Waals surface area (Å²) >= 11 is 0. The van der Waals surface area contributed by atoms with E-state index >= 15 is 0 Å². The largest absolute Gasteiger partial charge is 0.489 e. The Labute approximate surface area is 151 Å². The van der Waals surface area contributed by atoms with Crippen molar-refractivity contribution in [2.75, 3.05) is 11.1 Å². The van der Waals surface area contributed by atoms with E-state index in [0.717, 1.165) is 11.1 Å². The minimum Gasteiger partial charge on any atom is -0.489 e. The van der Waals surface area contributed by atoms with Crippen LogP contribution in [0, 0.1) is 0 Å². The zero-order chi connectivity index (χ0) is 18.7. The van der Waals surface area contributed by atoms with Crippen LogP contribution in [0.3, 0.4) is 0 Å². The molecule has 0 radical (unpaired) electrons. The normalized spacial score (nSPS) is 10.8. The second kappa shape index (κ2) is 7.26. The highest BCUT2D eigenvalue weighted by Gasteiger charge is 2.12. The van der Waals surface area contributed by atoms with Crippen LogP contribution in [0.25, 0.3) is 11.1 Å². The minimum atomic E-state index is -0.337. The Bertz CT molecular complexity index is 916. The Morgan fingerprint density at radius 3 is 2.62 bits per heavy atom. The van der Waals surface area contributed by atoms with Crippen LogP contribution in [0.5, 0.6) is 5.75 Å². The van der Waals surface area contributed by atoms with Gasteiger partial charge in [-0.3, -0.25) is 9.48 Å². The SMILES string of the molecule is CC(C)Oc1ccc(C(=O)Nc2cc(-c3cnn(C)c3)ccc2N)nc1. The summed E-state index contributed by atoms with van der Waals surface area (Å²) in [5.41, 5.74) is 9.15. The highest BCUT2D eigenvalue weighted by atomic mass is 16.5. The Morgan fingerprint density at radius 1 is 1.19 bits per heavy atom. The third kappa shape index (κ3) is 4.00. The maximum Gasteiger partial charge on any atom is 0.274 e. The number of aryl methyl sites for hydroxylation is 1. The first-order chi connectivity index (χ1) is 12.4. The molecule has 0 saturated carbocycles. The van der Waals surface area contributed by atoms with Gasteiger partial charge < -0.3 is 15.8 Å². The van der Waals surface area contributed by atoms with Gasteiger partial charge in [0, 0.05) is 18.8 Å². The lowest BCUT2D eigenvalue weighted by Crippen LogP contribution is -2.15. The number of anilines is 2. The summed E-state index contributed by atoms with van der Waals surface area (Å²) in [6, 6.07) is 8.80. The van der Waals surface area contributed by atoms with Gasteiger partial charge in [0.25, 0.3) is 5.91 Å². The van der Waals surface area contributed by atoms with Crippen LogP contribution >= 0.6 is 0 Å². The van der Waals surface area contributed by atoms with E-state index in [4.69, 9.17) is 10.5 Å². The number of nitrogen functional groups attached to an aromatic ring is 1. The van der Waals surface area contributed by atoms with E-state index in [2.05, 4.69) is 15.4 Å². The standard InChI is InChI=1S/C19H21N5O2/c1-12(2)26-15-5-7-17(21-10-15)19(25)23-18-8-13(4-6-16(18)20)14-9-22-24(3)11-14/h4-12H,20H2,1-3H3,(H,23,25). The highest BCUT2D eigenvalue weighted by molar-refractivity contribution is 6.04. The number of carbonyl (C=O) groups is 1. The number of pyridine rings is 1. The van der Waals surface area contributed by atoms with Gasteiger partial charge >= 0.3 is 0 Å². The van der Waals surface area contributed by atoms with Crippen molar-refractivity contribution in [3.8, 4) is 16.9 Å². The molecule has 2 aromatic heterocycles. The molecular formula is C19H21N5O2. The molecule has 7 heteroatoms. The summed E-state index contributed by atoms with van der Waals surface area (Å²) in [5.74, 6) is 0.283. The summed E-state index contributed by atoms with van der Waals surface area (Å²) < 4.78 is 7.25. The molecule has 3 rings (SSSR count). The van der Waals surface area contributed by atoms with E-state index in [1.54, 1.807) is 29.1 Å². The molecule has 0 saturated heterocycles. The monoisotopic (exact) mass is 351 g/mol. The lowest BCUT2D eigenvalue weighted by atomic mass is 10.1. The number of nitrogens with two attached hydrogens (primary N) is 1. The van der Waals surface area contributed by atoms with Gasteiger partial charge in [0.1, 0.15) is 11.4 Å². The van der Waals surface area contributed by atoms with Crippen LogP contribution in [0.4, 0.5) is 11.4 Å². The number of amides is 1. The van der Waals surface area contributed by atoms with Crippen molar-refractivity contribution in [3.63, 3.8) is 0 Å². The van der Waals surface area contributed by atoms with Crippen LogP contribution in [0.15, 0.2) is 48.9 Å². The number of aromatic nitrogens is 3. The van der Waals surface area contributed by atoms with Crippen molar-refractivity contribution in [2.45, 2.75) is 20.0 Å². The third-order valence-corrected chi connectivity index (χ3v) is 3.68. The zero-order valence-electron chi connectivity index (χ0n) is 14.9. The number of hydrogen-bond donors (Lipinski definition) is 2. The summed E-state index contributed by atoms with van der Waals surface area (Å²) in [7, 11) is 1.85. The topological polar surface area (TPSA) is 95.1 Å². The molecule has 26 heavy (non-hydrogen) atoms. The van der Waals surface area contributed by atoms with Gasteiger partial charge in [0.15, 0.2) is 0 Å². The molecule has 0 fully saturated rings. The Balaban J connectivity index is 1.78. The zero-order valence-corrected chi connectivity index (χ0v) is 14.9. The lowest BCUT2D eigenvalue weighted by Gasteiger charge is -2.11. The van der Waals surface area contributed by atoms with E-state index in [-0.39, 0.29) is 17.7 Å². The summed E-state index contributed by atoms with van der Waals surface area (Å²) in [4.78, 5) is 16.6.